The van der Waals surface area contributed by atoms with E-state index in [1.165, 1.54) is 13.2 Å². The third kappa shape index (κ3) is 3.33. The van der Waals surface area contributed by atoms with Crippen molar-refractivity contribution in [3.8, 4) is 23.0 Å². The summed E-state index contributed by atoms with van der Waals surface area (Å²) in [6.07, 6.45) is 0. The van der Waals surface area contributed by atoms with Crippen molar-refractivity contribution in [2.75, 3.05) is 13.7 Å². The highest BCUT2D eigenvalue weighted by Gasteiger charge is 2.26. The molecule has 0 saturated heterocycles. The van der Waals surface area contributed by atoms with E-state index >= 15 is 0 Å². The van der Waals surface area contributed by atoms with Crippen LogP contribution in [-0.4, -0.2) is 24.8 Å². The van der Waals surface area contributed by atoms with Crippen LogP contribution in [0.3, 0.4) is 0 Å². The molecule has 1 N–H and O–H groups in total. The molecule has 0 amide bonds. The molecule has 23 heavy (non-hydrogen) atoms. The highest BCUT2D eigenvalue weighted by atomic mass is 16.5. The van der Waals surface area contributed by atoms with Crippen LogP contribution in [0.5, 0.6) is 23.0 Å². The molecule has 0 aliphatic rings. The lowest BCUT2D eigenvalue weighted by Crippen LogP contribution is -2.25. The predicted octanol–water partition coefficient (Wildman–Crippen LogP) is 3.90. The Labute approximate surface area is 135 Å². The number of carbonyl (C=O) groups excluding carboxylic acids is 1. The van der Waals surface area contributed by atoms with E-state index in [1.807, 2.05) is 6.92 Å². The first-order valence-electron chi connectivity index (χ1n) is 7.47. The summed E-state index contributed by atoms with van der Waals surface area (Å²) in [6.45, 7) is 7.53. The summed E-state index contributed by atoms with van der Waals surface area (Å²) in [5.41, 5.74) is -0.655. The van der Waals surface area contributed by atoms with Crippen molar-refractivity contribution in [3.05, 3.63) is 24.3 Å². The van der Waals surface area contributed by atoms with Crippen molar-refractivity contribution >= 4 is 16.7 Å². The van der Waals surface area contributed by atoms with E-state index in [0.717, 1.165) is 0 Å². The molecule has 0 aliphatic heterocycles. The van der Waals surface area contributed by atoms with E-state index in [9.17, 15) is 9.90 Å². The van der Waals surface area contributed by atoms with Crippen LogP contribution in [0.4, 0.5) is 0 Å². The van der Waals surface area contributed by atoms with Crippen molar-refractivity contribution in [1.29, 1.82) is 0 Å². The van der Waals surface area contributed by atoms with Gasteiger partial charge in [0.15, 0.2) is 11.5 Å². The number of phenolic OH excluding ortho intramolecular Hbond substituents is 1. The lowest BCUT2D eigenvalue weighted by atomic mass is 9.97. The minimum absolute atomic E-state index is 0.00342. The third-order valence-corrected chi connectivity index (χ3v) is 3.36. The van der Waals surface area contributed by atoms with E-state index in [2.05, 4.69) is 0 Å². The Morgan fingerprint density at radius 3 is 2.43 bits per heavy atom. The molecule has 0 aromatic heterocycles. The molecule has 5 heteroatoms. The summed E-state index contributed by atoms with van der Waals surface area (Å²) >= 11 is 0. The van der Waals surface area contributed by atoms with Crippen molar-refractivity contribution in [2.45, 2.75) is 27.7 Å². The highest BCUT2D eigenvalue weighted by Crippen LogP contribution is 2.45. The van der Waals surface area contributed by atoms with Crippen LogP contribution < -0.4 is 14.2 Å². The van der Waals surface area contributed by atoms with Gasteiger partial charge >= 0.3 is 5.97 Å². The van der Waals surface area contributed by atoms with Gasteiger partial charge in [-0.3, -0.25) is 4.79 Å². The van der Waals surface area contributed by atoms with Crippen LogP contribution >= 0.6 is 0 Å². The quantitative estimate of drug-likeness (QED) is 0.684. The van der Waals surface area contributed by atoms with Gasteiger partial charge in [-0.1, -0.05) is 12.1 Å². The smallest absolute Gasteiger partial charge is 0.316 e. The van der Waals surface area contributed by atoms with E-state index < -0.39 is 5.41 Å². The van der Waals surface area contributed by atoms with E-state index in [4.69, 9.17) is 14.2 Å². The SMILES string of the molecule is CCOc1cc(OC(=O)C(C)(C)C)c2c(OC)cccc2c1O. The number of esters is 1. The number of fused-ring (bicyclic) bond motifs is 1. The topological polar surface area (TPSA) is 65.0 Å². The van der Waals surface area contributed by atoms with Crippen LogP contribution in [0.1, 0.15) is 27.7 Å². The normalized spacial score (nSPS) is 11.3. The Hall–Kier alpha value is -2.43. The van der Waals surface area contributed by atoms with Crippen molar-refractivity contribution in [3.63, 3.8) is 0 Å². The molecule has 0 atom stereocenters. The Bertz CT molecular complexity index is 728. The summed E-state index contributed by atoms with van der Waals surface area (Å²) < 4.78 is 16.4. The van der Waals surface area contributed by atoms with Gasteiger partial charge in [-0.05, 0) is 33.8 Å². The van der Waals surface area contributed by atoms with Gasteiger partial charge in [0, 0.05) is 11.5 Å². The number of aromatic hydroxyl groups is 1. The molecular weight excluding hydrogens is 296 g/mol. The van der Waals surface area contributed by atoms with E-state index in [-0.39, 0.29) is 17.5 Å². The van der Waals surface area contributed by atoms with Crippen LogP contribution in [-0.2, 0) is 4.79 Å². The zero-order valence-corrected chi connectivity index (χ0v) is 14.1. The second kappa shape index (κ2) is 6.36. The molecular formula is C18H22O5. The van der Waals surface area contributed by atoms with Gasteiger partial charge in [0.2, 0.25) is 0 Å². The molecule has 0 saturated carbocycles. The van der Waals surface area contributed by atoms with Gasteiger partial charge in [-0.15, -0.1) is 0 Å². The molecule has 0 unspecified atom stereocenters. The molecule has 2 aromatic rings. The highest BCUT2D eigenvalue weighted by molar-refractivity contribution is 6.00. The summed E-state index contributed by atoms with van der Waals surface area (Å²) in [5.74, 6) is 0.704. The average molecular weight is 318 g/mol. The zero-order valence-electron chi connectivity index (χ0n) is 14.1. The van der Waals surface area contributed by atoms with E-state index in [1.54, 1.807) is 39.0 Å². The van der Waals surface area contributed by atoms with Crippen molar-refractivity contribution in [1.82, 2.24) is 0 Å². The molecule has 0 fully saturated rings. The maximum atomic E-state index is 12.3. The molecule has 0 aliphatic carbocycles. The van der Waals surface area contributed by atoms with Crippen molar-refractivity contribution < 1.29 is 24.1 Å². The fraction of sp³-hybridized carbons (Fsp3) is 0.389. The number of hydrogen-bond donors (Lipinski definition) is 1. The predicted molar refractivity (Wildman–Crippen MR) is 88.4 cm³/mol. The molecule has 124 valence electrons. The van der Waals surface area contributed by atoms with Gasteiger partial charge < -0.3 is 19.3 Å². The fourth-order valence-electron chi connectivity index (χ4n) is 2.14. The molecule has 0 radical (unpaired) electrons. The molecule has 0 heterocycles. The molecule has 0 spiro atoms. The minimum Gasteiger partial charge on any atom is -0.504 e. The second-order valence-electron chi connectivity index (χ2n) is 6.18. The van der Waals surface area contributed by atoms with Gasteiger partial charge in [-0.25, -0.2) is 0 Å². The zero-order chi connectivity index (χ0) is 17.2. The Kier molecular flexibility index (Phi) is 4.68. The molecule has 2 aromatic carbocycles. The first-order valence-corrected chi connectivity index (χ1v) is 7.47. The average Bonchev–Trinajstić information content (AvgIpc) is 2.50. The van der Waals surface area contributed by atoms with Crippen LogP contribution in [0, 0.1) is 5.41 Å². The van der Waals surface area contributed by atoms with Gasteiger partial charge in [-0.2, -0.15) is 0 Å². The second-order valence-corrected chi connectivity index (χ2v) is 6.18. The first-order chi connectivity index (χ1) is 10.8. The number of phenols is 1. The Balaban J connectivity index is 2.69. The number of methoxy groups -OCH3 is 1. The number of rotatable bonds is 4. The van der Waals surface area contributed by atoms with E-state index in [0.29, 0.717) is 28.9 Å². The largest absolute Gasteiger partial charge is 0.504 e. The van der Waals surface area contributed by atoms with Crippen LogP contribution in [0.2, 0.25) is 0 Å². The number of benzene rings is 2. The Morgan fingerprint density at radius 1 is 1.17 bits per heavy atom. The Morgan fingerprint density at radius 2 is 1.87 bits per heavy atom. The summed E-state index contributed by atoms with van der Waals surface area (Å²) in [4.78, 5) is 12.3. The minimum atomic E-state index is -0.655. The monoisotopic (exact) mass is 318 g/mol. The summed E-state index contributed by atoms with van der Waals surface area (Å²) in [5, 5.41) is 11.4. The first kappa shape index (κ1) is 16.9. The number of hydrogen-bond acceptors (Lipinski definition) is 5. The van der Waals surface area contributed by atoms with Crippen molar-refractivity contribution in [2.24, 2.45) is 5.41 Å². The summed E-state index contributed by atoms with van der Waals surface area (Å²) in [6, 6.07) is 6.75. The number of carbonyl (C=O) groups is 1. The third-order valence-electron chi connectivity index (χ3n) is 3.36. The molecule has 0 bridgehead atoms. The maximum absolute atomic E-state index is 12.3. The number of ether oxygens (including phenoxy) is 3. The summed E-state index contributed by atoms with van der Waals surface area (Å²) in [7, 11) is 1.53. The van der Waals surface area contributed by atoms with Gasteiger partial charge in [0.1, 0.15) is 11.5 Å². The maximum Gasteiger partial charge on any atom is 0.316 e. The van der Waals surface area contributed by atoms with Gasteiger partial charge in [0.25, 0.3) is 0 Å². The fourth-order valence-corrected chi connectivity index (χ4v) is 2.14. The van der Waals surface area contributed by atoms with Crippen LogP contribution in [0.15, 0.2) is 24.3 Å². The lowest BCUT2D eigenvalue weighted by molar-refractivity contribution is -0.142. The molecule has 5 nitrogen and oxygen atoms in total. The van der Waals surface area contributed by atoms with Gasteiger partial charge in [0.05, 0.1) is 24.5 Å². The standard InChI is InChI=1S/C18H22O5/c1-6-22-14-10-13(23-17(20)18(2,3)4)15-11(16(14)19)8-7-9-12(15)21-5/h7-10,19H,6H2,1-5H3. The lowest BCUT2D eigenvalue weighted by Gasteiger charge is -2.19. The molecule has 2 rings (SSSR count). The van der Waals surface area contributed by atoms with Crippen LogP contribution in [0.25, 0.3) is 10.8 Å².